The summed E-state index contributed by atoms with van der Waals surface area (Å²) in [5.74, 6) is -0.857. The van der Waals surface area contributed by atoms with Crippen molar-refractivity contribution in [2.45, 2.75) is 31.3 Å². The van der Waals surface area contributed by atoms with Crippen LogP contribution in [0.4, 0.5) is 15.8 Å². The number of hydrogen-bond acceptors (Lipinski definition) is 3. The highest BCUT2D eigenvalue weighted by atomic mass is 32.2. The maximum absolute atomic E-state index is 12.8. The van der Waals surface area contributed by atoms with Crippen LogP contribution in [0.1, 0.15) is 20.8 Å². The molecule has 0 spiro atoms. The lowest BCUT2D eigenvalue weighted by atomic mass is 10.2. The molecule has 0 aromatic heterocycles. The largest absolute Gasteiger partial charge is 0.397 e. The fourth-order valence-electron chi connectivity index (χ4n) is 1.40. The summed E-state index contributed by atoms with van der Waals surface area (Å²) in [6.45, 7) is 5.16. The van der Waals surface area contributed by atoms with Gasteiger partial charge in [-0.15, -0.1) is 0 Å². The molecule has 1 amide bonds. The summed E-state index contributed by atoms with van der Waals surface area (Å²) in [5.41, 5.74) is 6.05. The minimum Gasteiger partial charge on any atom is -0.397 e. The van der Waals surface area contributed by atoms with Gasteiger partial charge in [0, 0.05) is 16.0 Å². The van der Waals surface area contributed by atoms with Crippen LogP contribution in [0.25, 0.3) is 0 Å². The fourth-order valence-corrected chi connectivity index (χ4v) is 2.48. The van der Waals surface area contributed by atoms with Gasteiger partial charge in [-0.05, 0) is 25.1 Å². The fraction of sp³-hybridized carbons (Fsp3) is 0.417. The van der Waals surface area contributed by atoms with Crippen LogP contribution >= 0.6 is 0 Å². The van der Waals surface area contributed by atoms with Gasteiger partial charge in [-0.3, -0.25) is 9.00 Å². The third kappa shape index (κ3) is 3.53. The van der Waals surface area contributed by atoms with Crippen LogP contribution in [0.3, 0.4) is 0 Å². The van der Waals surface area contributed by atoms with E-state index in [9.17, 15) is 13.4 Å². The predicted molar refractivity (Wildman–Crippen MR) is 72.2 cm³/mol. The number of benzene rings is 1. The molecule has 0 bridgehead atoms. The summed E-state index contributed by atoms with van der Waals surface area (Å²) < 4.78 is 24.6. The number of amides is 1. The first-order valence-electron chi connectivity index (χ1n) is 5.58. The molecule has 0 saturated carbocycles. The van der Waals surface area contributed by atoms with Gasteiger partial charge in [-0.2, -0.15) is 0 Å². The van der Waals surface area contributed by atoms with Crippen molar-refractivity contribution in [1.82, 2.24) is 0 Å². The summed E-state index contributed by atoms with van der Waals surface area (Å²) >= 11 is 0. The van der Waals surface area contributed by atoms with Crippen molar-refractivity contribution in [3.63, 3.8) is 0 Å². The van der Waals surface area contributed by atoms with Crippen molar-refractivity contribution in [2.75, 3.05) is 11.1 Å². The minimum atomic E-state index is -1.26. The Kier molecular flexibility index (Phi) is 4.84. The van der Waals surface area contributed by atoms with E-state index in [2.05, 4.69) is 5.32 Å². The standard InChI is InChI=1S/C12H17FN2O2S/c1-7(2)18(17)8(3)12(16)15-11-5-4-9(13)6-10(11)14/h4-8H,14H2,1-3H3,(H,15,16). The van der Waals surface area contributed by atoms with Gasteiger partial charge in [0.25, 0.3) is 0 Å². The molecule has 0 radical (unpaired) electrons. The SMILES string of the molecule is CC(C)S(=O)C(C)C(=O)Nc1ccc(F)cc1N. The lowest BCUT2D eigenvalue weighted by Crippen LogP contribution is -2.32. The average molecular weight is 272 g/mol. The molecule has 0 saturated heterocycles. The number of nitrogen functional groups attached to an aromatic ring is 1. The number of anilines is 2. The molecule has 0 aliphatic carbocycles. The lowest BCUT2D eigenvalue weighted by molar-refractivity contribution is -0.115. The monoisotopic (exact) mass is 272 g/mol. The Morgan fingerprint density at radius 3 is 2.50 bits per heavy atom. The highest BCUT2D eigenvalue weighted by Gasteiger charge is 2.22. The van der Waals surface area contributed by atoms with Crippen LogP contribution < -0.4 is 11.1 Å². The summed E-state index contributed by atoms with van der Waals surface area (Å²) in [6.07, 6.45) is 0. The van der Waals surface area contributed by atoms with Crippen molar-refractivity contribution >= 4 is 28.1 Å². The number of nitrogens with two attached hydrogens (primary N) is 1. The van der Waals surface area contributed by atoms with Crippen LogP contribution in [0.5, 0.6) is 0 Å². The van der Waals surface area contributed by atoms with Crippen molar-refractivity contribution in [3.8, 4) is 0 Å². The molecule has 2 unspecified atom stereocenters. The van der Waals surface area contributed by atoms with E-state index in [1.165, 1.54) is 12.1 Å². The number of nitrogens with one attached hydrogen (secondary N) is 1. The zero-order valence-electron chi connectivity index (χ0n) is 10.6. The van der Waals surface area contributed by atoms with Gasteiger partial charge >= 0.3 is 0 Å². The summed E-state index contributed by atoms with van der Waals surface area (Å²) in [7, 11) is -1.26. The first kappa shape index (κ1) is 14.6. The highest BCUT2D eigenvalue weighted by Crippen LogP contribution is 2.19. The van der Waals surface area contributed by atoms with Crippen molar-refractivity contribution < 1.29 is 13.4 Å². The molecule has 1 rings (SSSR count). The lowest BCUT2D eigenvalue weighted by Gasteiger charge is -2.15. The molecular weight excluding hydrogens is 255 g/mol. The Labute approximate surface area is 108 Å². The van der Waals surface area contributed by atoms with E-state index in [1.54, 1.807) is 20.8 Å². The smallest absolute Gasteiger partial charge is 0.239 e. The normalized spacial score (nSPS) is 14.3. The van der Waals surface area contributed by atoms with Crippen LogP contribution in [0, 0.1) is 5.82 Å². The highest BCUT2D eigenvalue weighted by molar-refractivity contribution is 7.87. The Morgan fingerprint density at radius 2 is 2.00 bits per heavy atom. The zero-order valence-corrected chi connectivity index (χ0v) is 11.4. The van der Waals surface area contributed by atoms with E-state index in [0.717, 1.165) is 6.07 Å². The second kappa shape index (κ2) is 5.95. The van der Waals surface area contributed by atoms with Gasteiger partial charge in [0.05, 0.1) is 11.4 Å². The van der Waals surface area contributed by atoms with Gasteiger partial charge in [0.2, 0.25) is 5.91 Å². The summed E-state index contributed by atoms with van der Waals surface area (Å²) in [4.78, 5) is 11.8. The quantitative estimate of drug-likeness (QED) is 0.822. The van der Waals surface area contributed by atoms with Gasteiger partial charge in [-0.1, -0.05) is 13.8 Å². The average Bonchev–Trinajstić information content (AvgIpc) is 2.30. The van der Waals surface area contributed by atoms with Gasteiger partial charge in [-0.25, -0.2) is 4.39 Å². The van der Waals surface area contributed by atoms with Crippen LogP contribution in [0.2, 0.25) is 0 Å². The molecule has 1 aromatic rings. The first-order valence-corrected chi connectivity index (χ1v) is 6.85. The van der Waals surface area contributed by atoms with Crippen LogP contribution in [0.15, 0.2) is 18.2 Å². The van der Waals surface area contributed by atoms with E-state index in [0.29, 0.717) is 5.69 Å². The molecule has 2 atom stereocenters. The van der Waals surface area contributed by atoms with E-state index >= 15 is 0 Å². The van der Waals surface area contributed by atoms with Crippen LogP contribution in [-0.4, -0.2) is 20.6 Å². The molecule has 0 aliphatic heterocycles. The Bertz CT molecular complexity index is 477. The van der Waals surface area contributed by atoms with Crippen molar-refractivity contribution in [2.24, 2.45) is 0 Å². The van der Waals surface area contributed by atoms with E-state index in [-0.39, 0.29) is 16.8 Å². The Morgan fingerprint density at radius 1 is 1.39 bits per heavy atom. The molecule has 18 heavy (non-hydrogen) atoms. The zero-order chi connectivity index (χ0) is 13.9. The molecule has 4 nitrogen and oxygen atoms in total. The molecule has 3 N–H and O–H groups in total. The molecule has 0 aliphatic rings. The molecule has 6 heteroatoms. The molecular formula is C12H17FN2O2S. The molecule has 1 aromatic carbocycles. The molecule has 0 heterocycles. The second-order valence-electron chi connectivity index (χ2n) is 4.24. The number of rotatable bonds is 4. The summed E-state index contributed by atoms with van der Waals surface area (Å²) in [5, 5.41) is 1.80. The number of halogens is 1. The molecule has 100 valence electrons. The Balaban J connectivity index is 2.79. The Hall–Kier alpha value is -1.43. The third-order valence-corrected chi connectivity index (χ3v) is 4.29. The maximum atomic E-state index is 12.8. The molecule has 0 fully saturated rings. The van der Waals surface area contributed by atoms with Crippen molar-refractivity contribution in [3.05, 3.63) is 24.0 Å². The summed E-state index contributed by atoms with van der Waals surface area (Å²) in [6, 6.07) is 3.71. The minimum absolute atomic E-state index is 0.101. The maximum Gasteiger partial charge on any atom is 0.239 e. The predicted octanol–water partition coefficient (Wildman–Crippen LogP) is 1.89. The first-order chi connectivity index (χ1) is 8.32. The third-order valence-electron chi connectivity index (χ3n) is 2.45. The van der Waals surface area contributed by atoms with E-state index in [1.807, 2.05) is 0 Å². The number of carbonyl (C=O) groups is 1. The topological polar surface area (TPSA) is 72.2 Å². The van der Waals surface area contributed by atoms with E-state index in [4.69, 9.17) is 5.73 Å². The number of carbonyl (C=O) groups excluding carboxylic acids is 1. The van der Waals surface area contributed by atoms with Gasteiger partial charge in [0.1, 0.15) is 11.1 Å². The van der Waals surface area contributed by atoms with Gasteiger partial charge < -0.3 is 11.1 Å². The van der Waals surface area contributed by atoms with Crippen LogP contribution in [-0.2, 0) is 15.6 Å². The van der Waals surface area contributed by atoms with E-state index < -0.39 is 21.9 Å². The van der Waals surface area contributed by atoms with Gasteiger partial charge in [0.15, 0.2) is 0 Å². The number of hydrogen-bond donors (Lipinski definition) is 2. The van der Waals surface area contributed by atoms with Crippen molar-refractivity contribution in [1.29, 1.82) is 0 Å². The second-order valence-corrected chi connectivity index (χ2v) is 6.55.